The number of anilines is 1. The fraction of sp³-hybridized carbons (Fsp3) is 0.364. The van der Waals surface area contributed by atoms with E-state index < -0.39 is 11.5 Å². The second-order valence-electron chi connectivity index (χ2n) is 7.83. The van der Waals surface area contributed by atoms with Crippen molar-refractivity contribution in [2.24, 2.45) is 5.92 Å². The third kappa shape index (κ3) is 2.27. The highest BCUT2D eigenvalue weighted by Gasteiger charge is 2.59. The number of nitrogens with one attached hydrogen (secondary N) is 1. The monoisotopic (exact) mass is 364 g/mol. The van der Waals surface area contributed by atoms with Crippen molar-refractivity contribution >= 4 is 17.5 Å². The summed E-state index contributed by atoms with van der Waals surface area (Å²) in [6.45, 7) is 0.541. The first-order valence-electron chi connectivity index (χ1n) is 9.58. The summed E-state index contributed by atoms with van der Waals surface area (Å²) < 4.78 is 13.5. The molecule has 0 aromatic heterocycles. The molecule has 0 radical (unpaired) electrons. The van der Waals surface area contributed by atoms with Crippen molar-refractivity contribution in [1.29, 1.82) is 0 Å². The van der Waals surface area contributed by atoms with Gasteiger partial charge in [-0.1, -0.05) is 36.8 Å². The maximum atomic E-state index is 13.5. The Balaban J connectivity index is 1.65. The molecule has 2 amide bonds. The molecule has 2 fully saturated rings. The van der Waals surface area contributed by atoms with Gasteiger partial charge in [-0.3, -0.25) is 9.59 Å². The van der Waals surface area contributed by atoms with Gasteiger partial charge in [0, 0.05) is 18.2 Å². The number of likely N-dealkylation sites (tertiary alicyclic amines) is 1. The van der Waals surface area contributed by atoms with E-state index in [-0.39, 0.29) is 23.5 Å². The van der Waals surface area contributed by atoms with Crippen molar-refractivity contribution in [2.75, 3.05) is 11.9 Å². The highest BCUT2D eigenvalue weighted by molar-refractivity contribution is 6.07. The van der Waals surface area contributed by atoms with Crippen molar-refractivity contribution in [3.8, 4) is 0 Å². The summed E-state index contributed by atoms with van der Waals surface area (Å²) in [4.78, 5) is 28.2. The van der Waals surface area contributed by atoms with Gasteiger partial charge in [0.05, 0.1) is 6.04 Å². The third-order valence-corrected chi connectivity index (χ3v) is 6.51. The van der Waals surface area contributed by atoms with Gasteiger partial charge in [-0.15, -0.1) is 0 Å². The first-order valence-corrected chi connectivity index (χ1v) is 9.58. The number of hydrogen-bond donors (Lipinski definition) is 1. The van der Waals surface area contributed by atoms with Crippen LogP contribution in [-0.4, -0.2) is 23.3 Å². The number of nitrogens with zero attached hydrogens (tertiary/aromatic N) is 1. The van der Waals surface area contributed by atoms with Crippen LogP contribution in [-0.2, 0) is 15.0 Å². The Morgan fingerprint density at radius 1 is 1.11 bits per heavy atom. The minimum Gasteiger partial charge on any atom is -0.334 e. The Kier molecular flexibility index (Phi) is 3.61. The Morgan fingerprint density at radius 3 is 2.56 bits per heavy atom. The molecule has 3 aliphatic rings. The molecule has 2 heterocycles. The molecule has 1 spiro atoms. The van der Waals surface area contributed by atoms with E-state index in [2.05, 4.69) is 5.32 Å². The van der Waals surface area contributed by atoms with E-state index in [0.717, 1.165) is 36.1 Å². The first-order chi connectivity index (χ1) is 13.1. The quantitative estimate of drug-likeness (QED) is 0.881. The van der Waals surface area contributed by atoms with Crippen LogP contribution in [0.4, 0.5) is 10.1 Å². The fourth-order valence-corrected chi connectivity index (χ4v) is 4.92. The van der Waals surface area contributed by atoms with E-state index >= 15 is 0 Å². The van der Waals surface area contributed by atoms with Gasteiger partial charge in [0.2, 0.25) is 11.8 Å². The third-order valence-electron chi connectivity index (χ3n) is 6.51. The van der Waals surface area contributed by atoms with Gasteiger partial charge < -0.3 is 10.2 Å². The average molecular weight is 364 g/mol. The summed E-state index contributed by atoms with van der Waals surface area (Å²) in [5, 5.41) is 3.01. The number of para-hydroxylation sites is 1. The van der Waals surface area contributed by atoms with E-state index in [1.165, 1.54) is 12.1 Å². The number of hydrogen-bond acceptors (Lipinski definition) is 2. The van der Waals surface area contributed by atoms with E-state index in [4.69, 9.17) is 0 Å². The number of carbonyl (C=O) groups is 2. The Labute approximate surface area is 157 Å². The number of amides is 2. The molecule has 0 bridgehead atoms. The summed E-state index contributed by atoms with van der Waals surface area (Å²) in [5.74, 6) is -0.201. The van der Waals surface area contributed by atoms with E-state index in [1.54, 1.807) is 12.1 Å². The van der Waals surface area contributed by atoms with E-state index in [1.807, 2.05) is 29.2 Å². The summed E-state index contributed by atoms with van der Waals surface area (Å²) >= 11 is 0. The zero-order chi connectivity index (χ0) is 18.6. The molecule has 1 aliphatic carbocycles. The van der Waals surface area contributed by atoms with Crippen LogP contribution in [0.3, 0.4) is 0 Å². The number of benzene rings is 2. The summed E-state index contributed by atoms with van der Waals surface area (Å²) in [5.41, 5.74) is 1.75. The smallest absolute Gasteiger partial charge is 0.237 e. The van der Waals surface area contributed by atoms with Gasteiger partial charge in [0.25, 0.3) is 0 Å². The molecule has 2 aliphatic heterocycles. The lowest BCUT2D eigenvalue weighted by molar-refractivity contribution is -0.140. The summed E-state index contributed by atoms with van der Waals surface area (Å²) in [6, 6.07) is 13.5. The maximum Gasteiger partial charge on any atom is 0.237 e. The lowest BCUT2D eigenvalue weighted by Gasteiger charge is -2.37. The molecule has 5 heteroatoms. The molecular weight excluding hydrogens is 343 g/mol. The molecule has 2 atom stereocenters. The Morgan fingerprint density at radius 2 is 1.85 bits per heavy atom. The lowest BCUT2D eigenvalue weighted by Crippen LogP contribution is -2.45. The topological polar surface area (TPSA) is 49.4 Å². The van der Waals surface area contributed by atoms with Crippen LogP contribution in [0.25, 0.3) is 0 Å². The first kappa shape index (κ1) is 16.5. The van der Waals surface area contributed by atoms with Gasteiger partial charge in [-0.25, -0.2) is 4.39 Å². The molecule has 2 aromatic rings. The molecule has 1 saturated heterocycles. The largest absolute Gasteiger partial charge is 0.334 e. The normalized spacial score (nSPS) is 26.8. The molecule has 4 nitrogen and oxygen atoms in total. The standard InChI is InChI=1S/C22H21FN2O2/c23-16-10-8-14(9-11-16)19-22(12-13-25(19)20(26)15-4-3-5-15)17-6-1-2-7-18(17)24-21(22)27/h1-2,6-11,15,19H,3-5,12-13H2,(H,24,27)/t19-,22+/m0/s1. The van der Waals surface area contributed by atoms with Crippen LogP contribution in [0.1, 0.15) is 42.9 Å². The number of carbonyl (C=O) groups excluding carboxylic acids is 2. The molecule has 2 aromatic carbocycles. The minimum atomic E-state index is -0.812. The van der Waals surface area contributed by atoms with Crippen molar-refractivity contribution < 1.29 is 14.0 Å². The maximum absolute atomic E-state index is 13.5. The van der Waals surface area contributed by atoms with Crippen LogP contribution in [0, 0.1) is 11.7 Å². The summed E-state index contributed by atoms with van der Waals surface area (Å²) in [6.07, 6.45) is 3.50. The second-order valence-corrected chi connectivity index (χ2v) is 7.83. The van der Waals surface area contributed by atoms with Crippen molar-refractivity contribution in [3.63, 3.8) is 0 Å². The van der Waals surface area contributed by atoms with E-state index in [9.17, 15) is 14.0 Å². The molecule has 5 rings (SSSR count). The molecule has 27 heavy (non-hydrogen) atoms. The number of halogens is 1. The molecular formula is C22H21FN2O2. The van der Waals surface area contributed by atoms with Crippen molar-refractivity contribution in [3.05, 3.63) is 65.5 Å². The van der Waals surface area contributed by atoms with E-state index in [0.29, 0.717) is 13.0 Å². The Hall–Kier alpha value is -2.69. The van der Waals surface area contributed by atoms with Crippen LogP contribution >= 0.6 is 0 Å². The highest BCUT2D eigenvalue weighted by atomic mass is 19.1. The van der Waals surface area contributed by atoms with Gasteiger partial charge in [-0.05, 0) is 48.6 Å². The second kappa shape index (κ2) is 5.91. The fourth-order valence-electron chi connectivity index (χ4n) is 4.92. The Bertz CT molecular complexity index is 922. The molecule has 138 valence electrons. The number of rotatable bonds is 2. The minimum absolute atomic E-state index is 0.0582. The lowest BCUT2D eigenvalue weighted by atomic mass is 9.72. The van der Waals surface area contributed by atoms with Gasteiger partial charge in [0.15, 0.2) is 0 Å². The van der Waals surface area contributed by atoms with Crippen molar-refractivity contribution in [1.82, 2.24) is 4.90 Å². The summed E-state index contributed by atoms with van der Waals surface area (Å²) in [7, 11) is 0. The number of fused-ring (bicyclic) bond motifs is 2. The average Bonchev–Trinajstić information content (AvgIpc) is 3.15. The predicted molar refractivity (Wildman–Crippen MR) is 99.6 cm³/mol. The van der Waals surface area contributed by atoms with Crippen LogP contribution < -0.4 is 5.32 Å². The van der Waals surface area contributed by atoms with Gasteiger partial charge in [-0.2, -0.15) is 0 Å². The van der Waals surface area contributed by atoms with Crippen molar-refractivity contribution in [2.45, 2.75) is 37.1 Å². The molecule has 0 unspecified atom stereocenters. The molecule has 1 saturated carbocycles. The van der Waals surface area contributed by atoms with Crippen LogP contribution in [0.5, 0.6) is 0 Å². The highest BCUT2D eigenvalue weighted by Crippen LogP contribution is 2.55. The predicted octanol–water partition coefficient (Wildman–Crippen LogP) is 3.79. The van der Waals surface area contributed by atoms with Crippen LogP contribution in [0.15, 0.2) is 48.5 Å². The van der Waals surface area contributed by atoms with Gasteiger partial charge in [0.1, 0.15) is 11.2 Å². The molecule has 1 N–H and O–H groups in total. The zero-order valence-corrected chi connectivity index (χ0v) is 15.0. The zero-order valence-electron chi connectivity index (χ0n) is 15.0. The van der Waals surface area contributed by atoms with Gasteiger partial charge >= 0.3 is 0 Å². The SMILES string of the molecule is O=C(C1CCC1)N1CC[C@]2(C(=O)Nc3ccccc32)[C@@H]1c1ccc(F)cc1. The van der Waals surface area contributed by atoms with Crippen LogP contribution in [0.2, 0.25) is 0 Å².